The summed E-state index contributed by atoms with van der Waals surface area (Å²) in [5, 5.41) is 15.1. The van der Waals surface area contributed by atoms with E-state index in [2.05, 4.69) is 48.5 Å². The first-order valence-corrected chi connectivity index (χ1v) is 9.72. The number of pyridine rings is 1. The van der Waals surface area contributed by atoms with Crippen molar-refractivity contribution in [2.75, 3.05) is 20.6 Å². The van der Waals surface area contributed by atoms with Crippen LogP contribution in [-0.2, 0) is 13.1 Å². The zero-order valence-corrected chi connectivity index (χ0v) is 16.8. The molecule has 0 N–H and O–H groups in total. The fourth-order valence-electron chi connectivity index (χ4n) is 3.33. The summed E-state index contributed by atoms with van der Waals surface area (Å²) in [6.07, 6.45) is 9.19. The molecular formula is C21H21N9. The zero-order valence-electron chi connectivity index (χ0n) is 16.8. The van der Waals surface area contributed by atoms with Crippen LogP contribution in [0.15, 0.2) is 55.2 Å². The molecule has 0 fully saturated rings. The Balaban J connectivity index is 1.44. The lowest BCUT2D eigenvalue weighted by Crippen LogP contribution is -2.18. The van der Waals surface area contributed by atoms with Gasteiger partial charge in [-0.1, -0.05) is 17.3 Å². The quantitative estimate of drug-likeness (QED) is 0.432. The lowest BCUT2D eigenvalue weighted by atomic mass is 10.1. The minimum absolute atomic E-state index is 0.531. The van der Waals surface area contributed by atoms with Gasteiger partial charge < -0.3 is 4.90 Å². The predicted molar refractivity (Wildman–Crippen MR) is 114 cm³/mol. The molecule has 30 heavy (non-hydrogen) atoms. The second-order valence-corrected chi connectivity index (χ2v) is 7.50. The van der Waals surface area contributed by atoms with Crippen LogP contribution in [0.3, 0.4) is 0 Å². The molecule has 0 amide bonds. The molecule has 0 saturated heterocycles. The first kappa shape index (κ1) is 18.3. The van der Waals surface area contributed by atoms with Gasteiger partial charge in [-0.05, 0) is 37.2 Å². The third-order valence-electron chi connectivity index (χ3n) is 4.97. The molecule has 0 bridgehead atoms. The molecule has 4 aromatic heterocycles. The Hall–Kier alpha value is -3.72. The van der Waals surface area contributed by atoms with Crippen LogP contribution < -0.4 is 0 Å². The number of benzene rings is 1. The molecule has 9 nitrogen and oxygen atoms in total. The molecule has 0 aliphatic rings. The third-order valence-corrected chi connectivity index (χ3v) is 4.97. The number of fused-ring (bicyclic) bond motifs is 2. The van der Waals surface area contributed by atoms with E-state index in [1.807, 2.05) is 43.4 Å². The van der Waals surface area contributed by atoms with Gasteiger partial charge in [0.05, 0.1) is 31.2 Å². The van der Waals surface area contributed by atoms with Crippen LogP contribution in [0.2, 0.25) is 0 Å². The summed E-state index contributed by atoms with van der Waals surface area (Å²) < 4.78 is 3.70. The van der Waals surface area contributed by atoms with Crippen molar-refractivity contribution in [2.24, 2.45) is 0 Å². The molecule has 150 valence electrons. The van der Waals surface area contributed by atoms with E-state index >= 15 is 0 Å². The van der Waals surface area contributed by atoms with Crippen molar-refractivity contribution in [1.82, 2.24) is 44.6 Å². The van der Waals surface area contributed by atoms with Gasteiger partial charge in [-0.15, -0.1) is 5.10 Å². The monoisotopic (exact) mass is 399 g/mol. The molecule has 4 heterocycles. The summed E-state index contributed by atoms with van der Waals surface area (Å²) in [4.78, 5) is 15.5. The van der Waals surface area contributed by atoms with E-state index in [1.165, 1.54) is 0 Å². The van der Waals surface area contributed by atoms with Gasteiger partial charge in [0.15, 0.2) is 5.65 Å². The summed E-state index contributed by atoms with van der Waals surface area (Å²) >= 11 is 0. The van der Waals surface area contributed by atoms with Crippen LogP contribution in [0.25, 0.3) is 33.3 Å². The Kier molecular flexibility index (Phi) is 4.64. The third kappa shape index (κ3) is 3.62. The van der Waals surface area contributed by atoms with Gasteiger partial charge in [0, 0.05) is 36.1 Å². The van der Waals surface area contributed by atoms with Crippen LogP contribution >= 0.6 is 0 Å². The highest BCUT2D eigenvalue weighted by Crippen LogP contribution is 2.19. The standard InChI is InChI=1S/C21H21N9/c1-28(2)7-8-29-14-18(11-24-29)19-12-23-20-21(25-19)30(27-26-20)13-15-3-4-17-10-22-6-5-16(17)9-15/h3-6,9-12,14H,7-8,13H2,1-2H3. The molecule has 0 saturated carbocycles. The van der Waals surface area contributed by atoms with Gasteiger partial charge in [-0.3, -0.25) is 9.67 Å². The topological polar surface area (TPSA) is 90.4 Å². The number of hydrogen-bond donors (Lipinski definition) is 0. The summed E-state index contributed by atoms with van der Waals surface area (Å²) in [7, 11) is 4.09. The first-order valence-electron chi connectivity index (χ1n) is 9.72. The lowest BCUT2D eigenvalue weighted by Gasteiger charge is -2.08. The van der Waals surface area contributed by atoms with Crippen molar-refractivity contribution in [3.63, 3.8) is 0 Å². The van der Waals surface area contributed by atoms with Crippen molar-refractivity contribution < 1.29 is 0 Å². The van der Waals surface area contributed by atoms with Crippen molar-refractivity contribution >= 4 is 22.1 Å². The average Bonchev–Trinajstić information content (AvgIpc) is 3.39. The van der Waals surface area contributed by atoms with E-state index in [4.69, 9.17) is 4.98 Å². The van der Waals surface area contributed by atoms with Gasteiger partial charge in [0.1, 0.15) is 0 Å². The SMILES string of the molecule is CN(C)CCn1cc(-c2cnc3nnn(Cc4ccc5cnccc5c4)c3n2)cn1. The highest BCUT2D eigenvalue weighted by atomic mass is 15.4. The maximum Gasteiger partial charge on any atom is 0.221 e. The van der Waals surface area contributed by atoms with E-state index in [0.717, 1.165) is 40.7 Å². The summed E-state index contributed by atoms with van der Waals surface area (Å²) in [5.74, 6) is 0. The molecule has 9 heteroatoms. The molecule has 1 aromatic carbocycles. The van der Waals surface area contributed by atoms with Crippen molar-refractivity contribution in [1.29, 1.82) is 0 Å². The summed E-state index contributed by atoms with van der Waals surface area (Å²) in [5.41, 5.74) is 3.98. The molecule has 0 radical (unpaired) electrons. The molecule has 0 aliphatic carbocycles. The van der Waals surface area contributed by atoms with E-state index in [1.54, 1.807) is 17.1 Å². The molecule has 0 unspecified atom stereocenters. The van der Waals surface area contributed by atoms with Crippen LogP contribution in [0.4, 0.5) is 0 Å². The van der Waals surface area contributed by atoms with E-state index in [0.29, 0.717) is 17.8 Å². The van der Waals surface area contributed by atoms with E-state index in [-0.39, 0.29) is 0 Å². The highest BCUT2D eigenvalue weighted by Gasteiger charge is 2.12. The van der Waals surface area contributed by atoms with Crippen LogP contribution in [0.1, 0.15) is 5.56 Å². The fraction of sp³-hybridized carbons (Fsp3) is 0.238. The molecule has 0 aliphatic heterocycles. The second kappa shape index (κ2) is 7.60. The number of rotatable bonds is 6. The van der Waals surface area contributed by atoms with E-state index in [9.17, 15) is 0 Å². The Morgan fingerprint density at radius 1 is 1.03 bits per heavy atom. The summed E-state index contributed by atoms with van der Waals surface area (Å²) in [6, 6.07) is 8.28. The highest BCUT2D eigenvalue weighted by molar-refractivity contribution is 5.82. The van der Waals surface area contributed by atoms with Gasteiger partial charge in [0.2, 0.25) is 5.65 Å². The summed E-state index contributed by atoms with van der Waals surface area (Å²) in [6.45, 7) is 2.30. The Morgan fingerprint density at radius 3 is 2.87 bits per heavy atom. The molecule has 5 rings (SSSR count). The molecule has 0 atom stereocenters. The Bertz CT molecular complexity index is 1320. The van der Waals surface area contributed by atoms with Crippen LogP contribution in [0.5, 0.6) is 0 Å². The fourth-order valence-corrected chi connectivity index (χ4v) is 3.33. The zero-order chi connectivity index (χ0) is 20.5. The Labute approximate surface area is 173 Å². The van der Waals surface area contributed by atoms with Gasteiger partial charge in [-0.25, -0.2) is 14.6 Å². The Morgan fingerprint density at radius 2 is 1.97 bits per heavy atom. The second-order valence-electron chi connectivity index (χ2n) is 7.50. The number of aromatic nitrogens is 8. The molecule has 5 aromatic rings. The smallest absolute Gasteiger partial charge is 0.221 e. The number of likely N-dealkylation sites (N-methyl/N-ethyl adjacent to an activating group) is 1. The van der Waals surface area contributed by atoms with Crippen molar-refractivity contribution in [2.45, 2.75) is 13.1 Å². The maximum absolute atomic E-state index is 4.77. The predicted octanol–water partition coefficient (Wildman–Crippen LogP) is 2.24. The minimum atomic E-state index is 0.531. The van der Waals surface area contributed by atoms with E-state index < -0.39 is 0 Å². The maximum atomic E-state index is 4.77. The van der Waals surface area contributed by atoms with Crippen LogP contribution in [-0.4, -0.2) is 65.3 Å². The van der Waals surface area contributed by atoms with Gasteiger partial charge >= 0.3 is 0 Å². The lowest BCUT2D eigenvalue weighted by molar-refractivity contribution is 0.373. The van der Waals surface area contributed by atoms with Gasteiger partial charge in [-0.2, -0.15) is 5.10 Å². The number of hydrogen-bond acceptors (Lipinski definition) is 7. The van der Waals surface area contributed by atoms with Crippen molar-refractivity contribution in [3.05, 3.63) is 60.8 Å². The normalized spacial score (nSPS) is 11.7. The molecule has 0 spiro atoms. The van der Waals surface area contributed by atoms with Crippen molar-refractivity contribution in [3.8, 4) is 11.3 Å². The average molecular weight is 399 g/mol. The number of nitrogens with zero attached hydrogens (tertiary/aromatic N) is 9. The minimum Gasteiger partial charge on any atom is -0.308 e. The largest absolute Gasteiger partial charge is 0.308 e. The van der Waals surface area contributed by atoms with Crippen LogP contribution in [0, 0.1) is 0 Å². The molecular weight excluding hydrogens is 378 g/mol. The van der Waals surface area contributed by atoms with Gasteiger partial charge in [0.25, 0.3) is 0 Å². The first-order chi connectivity index (χ1) is 14.7.